The average Bonchev–Trinajstić information content (AvgIpc) is 3.14. The van der Waals surface area contributed by atoms with Crippen molar-refractivity contribution < 1.29 is 0 Å². The van der Waals surface area contributed by atoms with Gasteiger partial charge in [-0.2, -0.15) is 0 Å². The average molecular weight is 715 g/mol. The van der Waals surface area contributed by atoms with Gasteiger partial charge in [-0.05, 0) is 121 Å². The van der Waals surface area contributed by atoms with Gasteiger partial charge in [0, 0.05) is 65.6 Å². The van der Waals surface area contributed by atoms with E-state index in [2.05, 4.69) is 62.2 Å². The summed E-state index contributed by atoms with van der Waals surface area (Å²) in [6, 6.07) is 22.1. The molecule has 0 bridgehead atoms. The first-order valence-electron chi connectivity index (χ1n) is 16.5. The van der Waals surface area contributed by atoms with Crippen LogP contribution in [0.1, 0.15) is 45.3 Å². The Bertz CT molecular complexity index is 1840. The number of benzene rings is 1. The summed E-state index contributed by atoms with van der Waals surface area (Å²) < 4.78 is 0. The number of pyridine rings is 4. The van der Waals surface area contributed by atoms with E-state index in [0.717, 1.165) is 81.6 Å². The predicted octanol–water partition coefficient (Wildman–Crippen LogP) is 8.37. The molecule has 4 heterocycles. The third-order valence-electron chi connectivity index (χ3n) is 6.66. The first-order chi connectivity index (χ1) is 25.2. The number of aryl methyl sites for hydroxylation is 8. The quantitative estimate of drug-likeness (QED) is 0.0877. The maximum Gasteiger partial charge on any atom is 0.0842 e. The zero-order valence-electron chi connectivity index (χ0n) is 32.0. The lowest BCUT2D eigenvalue weighted by atomic mass is 10.0. The first-order valence-corrected chi connectivity index (χ1v) is 16.5. The van der Waals surface area contributed by atoms with Crippen molar-refractivity contribution in [2.45, 2.75) is 55.4 Å². The third kappa shape index (κ3) is 20.6. The first kappa shape index (κ1) is 46.3. The van der Waals surface area contributed by atoms with Gasteiger partial charge in [-0.25, -0.2) is 0 Å². The van der Waals surface area contributed by atoms with Crippen LogP contribution in [0.25, 0.3) is 11.1 Å². The van der Waals surface area contributed by atoms with Crippen LogP contribution in [-0.4, -0.2) is 51.0 Å². The summed E-state index contributed by atoms with van der Waals surface area (Å²) in [4.78, 5) is 20.9. The van der Waals surface area contributed by atoms with Crippen molar-refractivity contribution in [1.82, 2.24) is 19.9 Å². The Morgan fingerprint density at radius 2 is 1.08 bits per heavy atom. The van der Waals surface area contributed by atoms with E-state index in [1.165, 1.54) is 22.9 Å². The Morgan fingerprint density at radius 3 is 1.51 bits per heavy atom. The number of nitrogens with two attached hydrogens (primary N) is 3. The highest BCUT2D eigenvalue weighted by molar-refractivity contribution is 6.12. The molecule has 4 aromatic heterocycles. The van der Waals surface area contributed by atoms with E-state index >= 15 is 0 Å². The SMILES string of the molecule is Cc1cc(C)c(-c2ccccc2)cn1.Cc1cc(C)c(N)cn1.Cc1ccc(N)c(C)n1.Cc1ccc(N=CC=CN)c(C)n1.N=CC=N.N=CC=N. The van der Waals surface area contributed by atoms with Crippen LogP contribution >= 0.6 is 0 Å². The number of rotatable bonds is 5. The summed E-state index contributed by atoms with van der Waals surface area (Å²) in [6.07, 6.45) is 12.1. The summed E-state index contributed by atoms with van der Waals surface area (Å²) in [5, 5.41) is 24.3. The van der Waals surface area contributed by atoms with Crippen LogP contribution in [0.2, 0.25) is 0 Å². The monoisotopic (exact) mass is 714 g/mol. The lowest BCUT2D eigenvalue weighted by molar-refractivity contribution is 1.12. The minimum absolute atomic E-state index is 0.764. The van der Waals surface area contributed by atoms with Crippen LogP contribution in [-0.2, 0) is 0 Å². The molecule has 0 spiro atoms. The van der Waals surface area contributed by atoms with Gasteiger partial charge in [-0.3, -0.25) is 24.9 Å². The smallest absolute Gasteiger partial charge is 0.0842 e. The molecule has 0 radical (unpaired) electrons. The molecule has 0 aliphatic carbocycles. The fourth-order valence-corrected chi connectivity index (χ4v) is 4.01. The zero-order chi connectivity index (χ0) is 40.2. The van der Waals surface area contributed by atoms with Gasteiger partial charge < -0.3 is 38.8 Å². The molecule has 1 aromatic carbocycles. The van der Waals surface area contributed by atoms with Gasteiger partial charge in [0.05, 0.1) is 34.6 Å². The fraction of sp³-hybridized carbons (Fsp3) is 0.195. The van der Waals surface area contributed by atoms with Gasteiger partial charge >= 0.3 is 0 Å². The second-order valence-electron chi connectivity index (χ2n) is 11.2. The van der Waals surface area contributed by atoms with Crippen LogP contribution in [0.4, 0.5) is 17.1 Å². The van der Waals surface area contributed by atoms with Crippen LogP contribution in [0.15, 0.2) is 96.4 Å². The number of anilines is 2. The van der Waals surface area contributed by atoms with E-state index in [-0.39, 0.29) is 0 Å². The Kier molecular flexibility index (Phi) is 23.7. The van der Waals surface area contributed by atoms with E-state index in [0.29, 0.717) is 0 Å². The standard InChI is InChI=1S/C13H13N.C10H13N3.2C7H10N2.2C2H4N2/c1-10-8-11(2)14-9-13(10)12-6-4-3-5-7-12;1-8-4-5-10(9(2)13-8)12-7-3-6-11;1-5-3-6(2)9-4-7(5)8;1-5-3-4-7(8)6(2)9-5;2*3-1-2-4/h3-9H,1-2H3;3-7H,11H2,1-2H3;2*3-4H,8H2,1-2H3;2*1-4H. The van der Waals surface area contributed by atoms with Gasteiger partial charge in [0.2, 0.25) is 0 Å². The minimum Gasteiger partial charge on any atom is -0.405 e. The van der Waals surface area contributed by atoms with Gasteiger partial charge in [-0.1, -0.05) is 30.3 Å². The molecule has 0 amide bonds. The molecule has 10 N–H and O–H groups in total. The number of hydrogen-bond donors (Lipinski definition) is 7. The molecule has 0 fully saturated rings. The Morgan fingerprint density at radius 1 is 0.566 bits per heavy atom. The second kappa shape index (κ2) is 27.1. The summed E-state index contributed by atoms with van der Waals surface area (Å²) >= 11 is 0. The van der Waals surface area contributed by atoms with Crippen molar-refractivity contribution in [2.24, 2.45) is 10.7 Å². The molecule has 12 heteroatoms. The summed E-state index contributed by atoms with van der Waals surface area (Å²) in [5.41, 5.74) is 29.4. The van der Waals surface area contributed by atoms with Crippen LogP contribution < -0.4 is 17.2 Å². The number of aromatic nitrogens is 4. The van der Waals surface area contributed by atoms with E-state index in [9.17, 15) is 0 Å². The molecule has 0 aliphatic heterocycles. The van der Waals surface area contributed by atoms with Gasteiger partial charge in [0.1, 0.15) is 0 Å². The maximum absolute atomic E-state index is 6.08. The minimum atomic E-state index is 0.764. The zero-order valence-corrected chi connectivity index (χ0v) is 32.0. The van der Waals surface area contributed by atoms with E-state index < -0.39 is 0 Å². The van der Waals surface area contributed by atoms with Gasteiger partial charge in [0.15, 0.2) is 0 Å². The molecule has 53 heavy (non-hydrogen) atoms. The Hall–Kier alpha value is -6.69. The van der Waals surface area contributed by atoms with Crippen molar-refractivity contribution in [3.63, 3.8) is 0 Å². The van der Waals surface area contributed by atoms with Gasteiger partial charge in [-0.15, -0.1) is 0 Å². The van der Waals surface area contributed by atoms with E-state index in [4.69, 9.17) is 38.8 Å². The summed E-state index contributed by atoms with van der Waals surface area (Å²) in [7, 11) is 0. The highest BCUT2D eigenvalue weighted by Crippen LogP contribution is 2.22. The molecular weight excluding hydrogens is 661 g/mol. The van der Waals surface area contributed by atoms with Crippen molar-refractivity contribution >= 4 is 48.1 Å². The normalized spacial score (nSPS) is 9.51. The number of nitrogen functional groups attached to an aromatic ring is 2. The molecular formula is C41H54N12. The van der Waals surface area contributed by atoms with Gasteiger partial charge in [0.25, 0.3) is 0 Å². The number of nitrogens with zero attached hydrogens (tertiary/aromatic N) is 5. The lowest BCUT2D eigenvalue weighted by Gasteiger charge is -2.05. The largest absolute Gasteiger partial charge is 0.405 e. The highest BCUT2D eigenvalue weighted by atomic mass is 14.8. The predicted molar refractivity (Wildman–Crippen MR) is 226 cm³/mol. The highest BCUT2D eigenvalue weighted by Gasteiger charge is 2.01. The lowest BCUT2D eigenvalue weighted by Crippen LogP contribution is -1.93. The molecule has 12 nitrogen and oxygen atoms in total. The van der Waals surface area contributed by atoms with Crippen LogP contribution in [0.5, 0.6) is 0 Å². The molecule has 0 unspecified atom stereocenters. The summed E-state index contributed by atoms with van der Waals surface area (Å²) in [5.74, 6) is 0. The molecule has 278 valence electrons. The van der Waals surface area contributed by atoms with Crippen molar-refractivity contribution in [3.05, 3.63) is 137 Å². The second-order valence-corrected chi connectivity index (χ2v) is 11.2. The molecule has 0 saturated carbocycles. The van der Waals surface area contributed by atoms with Crippen LogP contribution in [0.3, 0.4) is 0 Å². The Balaban J connectivity index is 0.000000645. The van der Waals surface area contributed by atoms with E-state index in [1.54, 1.807) is 18.5 Å². The Labute approximate surface area is 314 Å². The number of nitrogens with one attached hydrogen (secondary N) is 4. The molecule has 0 atom stereocenters. The number of allylic oxidation sites excluding steroid dienone is 1. The molecule has 5 rings (SSSR count). The number of hydrogen-bond acceptors (Lipinski definition) is 12. The number of aliphatic imine (C=N–C) groups is 1. The van der Waals surface area contributed by atoms with Crippen molar-refractivity contribution in [2.75, 3.05) is 11.5 Å². The molecule has 0 saturated heterocycles. The topological polar surface area (TPSA) is 237 Å². The van der Waals surface area contributed by atoms with Crippen LogP contribution in [0, 0.1) is 77.0 Å². The molecule has 5 aromatic rings. The van der Waals surface area contributed by atoms with Crippen molar-refractivity contribution in [1.29, 1.82) is 21.6 Å². The summed E-state index contributed by atoms with van der Waals surface area (Å²) in [6.45, 7) is 15.8. The fourth-order valence-electron chi connectivity index (χ4n) is 4.01. The van der Waals surface area contributed by atoms with E-state index in [1.807, 2.05) is 91.1 Å². The third-order valence-corrected chi connectivity index (χ3v) is 6.66. The van der Waals surface area contributed by atoms with Crippen molar-refractivity contribution in [3.8, 4) is 11.1 Å². The maximum atomic E-state index is 6.08. The molecule has 0 aliphatic rings.